The van der Waals surface area contributed by atoms with E-state index < -0.39 is 0 Å². The summed E-state index contributed by atoms with van der Waals surface area (Å²) in [5.41, 5.74) is 9.34. The number of nitrogen functional groups attached to an aromatic ring is 1. The minimum Gasteiger partial charge on any atom is -0.399 e. The second-order valence-corrected chi connectivity index (χ2v) is 5.53. The van der Waals surface area contributed by atoms with E-state index in [0.717, 1.165) is 24.3 Å². The highest BCUT2D eigenvalue weighted by Crippen LogP contribution is 2.19. The molecule has 2 heteroatoms. The Hall–Kier alpha value is -1.28. The molecule has 0 saturated carbocycles. The Balaban J connectivity index is 2.86. The first-order valence-corrected chi connectivity index (χ1v) is 6.05. The molecule has 0 aliphatic rings. The molecule has 0 radical (unpaired) electrons. The van der Waals surface area contributed by atoms with E-state index in [1.807, 2.05) is 13.0 Å². The van der Waals surface area contributed by atoms with Gasteiger partial charge < -0.3 is 5.73 Å². The van der Waals surface area contributed by atoms with Gasteiger partial charge >= 0.3 is 0 Å². The highest BCUT2D eigenvalue weighted by molar-refractivity contribution is 5.48. The van der Waals surface area contributed by atoms with Crippen molar-refractivity contribution < 1.29 is 0 Å². The molecule has 0 aliphatic carbocycles. The van der Waals surface area contributed by atoms with Crippen molar-refractivity contribution >= 4 is 5.69 Å². The van der Waals surface area contributed by atoms with Gasteiger partial charge in [0.15, 0.2) is 0 Å². The van der Waals surface area contributed by atoms with E-state index in [-0.39, 0.29) is 5.54 Å². The van der Waals surface area contributed by atoms with Gasteiger partial charge in [0.05, 0.1) is 0 Å². The summed E-state index contributed by atoms with van der Waals surface area (Å²) in [5, 5.41) is 0. The van der Waals surface area contributed by atoms with Crippen LogP contribution in [0.1, 0.15) is 31.9 Å². The van der Waals surface area contributed by atoms with E-state index in [0.29, 0.717) is 0 Å². The standard InChI is InChI=1S/C15H24N2/c1-6-9-17(15(3,4)5)11-13-8-7-12(2)14(16)10-13/h6-8,10H,1,9,11,16H2,2-5H3. The van der Waals surface area contributed by atoms with Gasteiger partial charge in [-0.25, -0.2) is 0 Å². The molecule has 0 atom stereocenters. The van der Waals surface area contributed by atoms with Gasteiger partial charge in [-0.05, 0) is 44.9 Å². The smallest absolute Gasteiger partial charge is 0.0346 e. The van der Waals surface area contributed by atoms with Crippen molar-refractivity contribution in [2.75, 3.05) is 12.3 Å². The van der Waals surface area contributed by atoms with E-state index in [1.165, 1.54) is 5.56 Å². The summed E-state index contributed by atoms with van der Waals surface area (Å²) in [6.45, 7) is 14.3. The molecule has 0 spiro atoms. The maximum atomic E-state index is 5.94. The highest BCUT2D eigenvalue weighted by Gasteiger charge is 2.20. The van der Waals surface area contributed by atoms with Gasteiger partial charge in [-0.1, -0.05) is 18.2 Å². The molecule has 2 nitrogen and oxygen atoms in total. The number of anilines is 1. The summed E-state index contributed by atoms with van der Waals surface area (Å²) in [4.78, 5) is 2.38. The van der Waals surface area contributed by atoms with Gasteiger partial charge in [0.25, 0.3) is 0 Å². The molecule has 0 saturated heterocycles. The normalized spacial score (nSPS) is 11.8. The first-order chi connectivity index (χ1) is 7.84. The van der Waals surface area contributed by atoms with Gasteiger partial charge in [0.1, 0.15) is 0 Å². The summed E-state index contributed by atoms with van der Waals surface area (Å²) in [7, 11) is 0. The number of hydrogen-bond acceptors (Lipinski definition) is 2. The summed E-state index contributed by atoms with van der Waals surface area (Å²) >= 11 is 0. The number of benzene rings is 1. The van der Waals surface area contributed by atoms with Crippen molar-refractivity contribution in [2.45, 2.75) is 39.8 Å². The maximum Gasteiger partial charge on any atom is 0.0346 e. The number of aryl methyl sites for hydroxylation is 1. The largest absolute Gasteiger partial charge is 0.399 e. The third kappa shape index (κ3) is 3.90. The Labute approximate surface area is 105 Å². The predicted octanol–water partition coefficient (Wildman–Crippen LogP) is 3.36. The van der Waals surface area contributed by atoms with Crippen molar-refractivity contribution in [3.63, 3.8) is 0 Å². The molecule has 0 unspecified atom stereocenters. The highest BCUT2D eigenvalue weighted by atomic mass is 15.2. The van der Waals surface area contributed by atoms with Crippen LogP contribution in [0.25, 0.3) is 0 Å². The Morgan fingerprint density at radius 1 is 1.35 bits per heavy atom. The zero-order valence-corrected chi connectivity index (χ0v) is 11.5. The Bertz CT molecular complexity index is 388. The van der Waals surface area contributed by atoms with Crippen LogP contribution in [0, 0.1) is 6.92 Å². The van der Waals surface area contributed by atoms with Crippen molar-refractivity contribution in [3.8, 4) is 0 Å². The first-order valence-electron chi connectivity index (χ1n) is 6.05. The summed E-state index contributed by atoms with van der Waals surface area (Å²) in [6, 6.07) is 6.30. The van der Waals surface area contributed by atoms with Crippen molar-refractivity contribution in [1.29, 1.82) is 0 Å². The predicted molar refractivity (Wildman–Crippen MR) is 76.0 cm³/mol. The van der Waals surface area contributed by atoms with E-state index in [9.17, 15) is 0 Å². The fourth-order valence-electron chi connectivity index (χ4n) is 1.74. The second kappa shape index (κ2) is 5.37. The van der Waals surface area contributed by atoms with Crippen LogP contribution in [0.2, 0.25) is 0 Å². The van der Waals surface area contributed by atoms with E-state index >= 15 is 0 Å². The van der Waals surface area contributed by atoms with Crippen molar-refractivity contribution in [3.05, 3.63) is 42.0 Å². The molecular formula is C15H24N2. The van der Waals surface area contributed by atoms with Gasteiger partial charge in [0, 0.05) is 24.3 Å². The lowest BCUT2D eigenvalue weighted by Crippen LogP contribution is -2.40. The molecule has 2 N–H and O–H groups in total. The van der Waals surface area contributed by atoms with Crippen LogP contribution in [-0.2, 0) is 6.54 Å². The molecule has 1 rings (SSSR count). The summed E-state index contributed by atoms with van der Waals surface area (Å²) < 4.78 is 0. The lowest BCUT2D eigenvalue weighted by molar-refractivity contribution is 0.145. The van der Waals surface area contributed by atoms with E-state index in [1.54, 1.807) is 0 Å². The van der Waals surface area contributed by atoms with Gasteiger partial charge in [-0.3, -0.25) is 4.90 Å². The molecule has 0 fully saturated rings. The third-order valence-corrected chi connectivity index (χ3v) is 3.02. The van der Waals surface area contributed by atoms with Crippen LogP contribution in [0.3, 0.4) is 0 Å². The Kier molecular flexibility index (Phi) is 4.35. The van der Waals surface area contributed by atoms with Gasteiger partial charge in [0.2, 0.25) is 0 Å². The third-order valence-electron chi connectivity index (χ3n) is 3.02. The van der Waals surface area contributed by atoms with Gasteiger partial charge in [-0.15, -0.1) is 6.58 Å². The van der Waals surface area contributed by atoms with Crippen LogP contribution in [0.15, 0.2) is 30.9 Å². The zero-order chi connectivity index (χ0) is 13.1. The number of hydrogen-bond donors (Lipinski definition) is 1. The van der Waals surface area contributed by atoms with Crippen molar-refractivity contribution in [1.82, 2.24) is 4.90 Å². The second-order valence-electron chi connectivity index (χ2n) is 5.53. The average molecular weight is 232 g/mol. The Morgan fingerprint density at radius 3 is 2.47 bits per heavy atom. The lowest BCUT2D eigenvalue weighted by atomic mass is 10.0. The zero-order valence-electron chi connectivity index (χ0n) is 11.5. The molecule has 0 heterocycles. The molecule has 0 aliphatic heterocycles. The fourth-order valence-corrected chi connectivity index (χ4v) is 1.74. The van der Waals surface area contributed by atoms with E-state index in [4.69, 9.17) is 5.73 Å². The molecule has 94 valence electrons. The summed E-state index contributed by atoms with van der Waals surface area (Å²) in [6.07, 6.45) is 1.95. The first kappa shape index (κ1) is 13.8. The minimum absolute atomic E-state index is 0.133. The summed E-state index contributed by atoms with van der Waals surface area (Å²) in [5.74, 6) is 0. The Morgan fingerprint density at radius 2 is 2.00 bits per heavy atom. The topological polar surface area (TPSA) is 29.3 Å². The number of nitrogens with zero attached hydrogens (tertiary/aromatic N) is 1. The van der Waals surface area contributed by atoms with Crippen LogP contribution in [0.4, 0.5) is 5.69 Å². The molecule has 0 bridgehead atoms. The average Bonchev–Trinajstić information content (AvgIpc) is 2.21. The molecule has 17 heavy (non-hydrogen) atoms. The fraction of sp³-hybridized carbons (Fsp3) is 0.467. The van der Waals surface area contributed by atoms with Crippen LogP contribution in [0.5, 0.6) is 0 Å². The number of rotatable bonds is 4. The molecule has 0 aromatic heterocycles. The van der Waals surface area contributed by atoms with Crippen LogP contribution >= 0.6 is 0 Å². The van der Waals surface area contributed by atoms with Crippen LogP contribution in [-0.4, -0.2) is 17.0 Å². The molecule has 0 amide bonds. The lowest BCUT2D eigenvalue weighted by Gasteiger charge is -2.35. The van der Waals surface area contributed by atoms with E-state index in [2.05, 4.69) is 50.4 Å². The van der Waals surface area contributed by atoms with Gasteiger partial charge in [-0.2, -0.15) is 0 Å². The SMILES string of the molecule is C=CCN(Cc1ccc(C)c(N)c1)C(C)(C)C. The minimum atomic E-state index is 0.133. The molecule has 1 aromatic rings. The maximum absolute atomic E-state index is 5.94. The number of nitrogens with two attached hydrogens (primary N) is 1. The quantitative estimate of drug-likeness (QED) is 0.637. The molecular weight excluding hydrogens is 208 g/mol. The molecule has 1 aromatic carbocycles. The van der Waals surface area contributed by atoms with Crippen LogP contribution < -0.4 is 5.73 Å². The monoisotopic (exact) mass is 232 g/mol. The van der Waals surface area contributed by atoms with Crippen molar-refractivity contribution in [2.24, 2.45) is 0 Å².